The zero-order chi connectivity index (χ0) is 31.0. The van der Waals surface area contributed by atoms with Gasteiger partial charge < -0.3 is 15.3 Å². The Morgan fingerprint density at radius 3 is 2.59 bits per heavy atom. The summed E-state index contributed by atoms with van der Waals surface area (Å²) in [5, 5.41) is 20.0. The molecule has 0 radical (unpaired) electrons. The molecule has 0 saturated heterocycles. The third-order valence-electron chi connectivity index (χ3n) is 7.42. The lowest BCUT2D eigenvalue weighted by Crippen LogP contribution is -2.45. The predicted octanol–water partition coefficient (Wildman–Crippen LogP) is 4.90. The number of fused-ring (bicyclic) bond motifs is 1. The molecule has 1 atom stereocenters. The number of carboxylic acids is 1. The molecule has 0 unspecified atom stereocenters. The van der Waals surface area contributed by atoms with Crippen LogP contribution in [0.5, 0.6) is 0 Å². The summed E-state index contributed by atoms with van der Waals surface area (Å²) < 4.78 is 15.8. The first kappa shape index (κ1) is 28.6. The number of aromatic carboxylic acids is 1. The number of hydrogen-bond acceptors (Lipinski definition) is 7. The molecule has 220 valence electrons. The van der Waals surface area contributed by atoms with Crippen LogP contribution in [0.4, 0.5) is 10.1 Å². The van der Waals surface area contributed by atoms with E-state index in [-0.39, 0.29) is 28.5 Å². The molecule has 3 aromatic carbocycles. The highest BCUT2D eigenvalue weighted by Crippen LogP contribution is 2.37. The van der Waals surface area contributed by atoms with Crippen LogP contribution in [0.15, 0.2) is 79.5 Å². The highest BCUT2D eigenvalue weighted by atomic mass is 35.5. The Kier molecular flexibility index (Phi) is 7.58. The molecule has 3 heterocycles. The molecule has 2 aromatic heterocycles. The van der Waals surface area contributed by atoms with Crippen LogP contribution in [0.3, 0.4) is 0 Å². The molecule has 1 aliphatic heterocycles. The summed E-state index contributed by atoms with van der Waals surface area (Å²) in [6, 6.07) is 13.2. The second-order valence-corrected chi connectivity index (χ2v) is 10.5. The van der Waals surface area contributed by atoms with Crippen LogP contribution >= 0.6 is 11.6 Å². The number of nitrogens with one attached hydrogen (secondary N) is 1. The van der Waals surface area contributed by atoms with Gasteiger partial charge in [0.25, 0.3) is 11.8 Å². The molecule has 0 saturated carbocycles. The van der Waals surface area contributed by atoms with E-state index in [9.17, 15) is 23.9 Å². The van der Waals surface area contributed by atoms with E-state index in [0.29, 0.717) is 23.2 Å². The van der Waals surface area contributed by atoms with Crippen molar-refractivity contribution in [1.29, 1.82) is 0 Å². The van der Waals surface area contributed by atoms with Crippen LogP contribution in [0.25, 0.3) is 16.8 Å². The second-order valence-electron chi connectivity index (χ2n) is 10.1. The van der Waals surface area contributed by atoms with Crippen LogP contribution in [0.1, 0.15) is 43.6 Å². The number of carbonyl (C=O) groups is 3. The van der Waals surface area contributed by atoms with Gasteiger partial charge in [0.05, 0.1) is 16.8 Å². The summed E-state index contributed by atoms with van der Waals surface area (Å²) in [5.74, 6) is -2.91. The molecule has 0 spiro atoms. The minimum Gasteiger partial charge on any atom is -0.478 e. The van der Waals surface area contributed by atoms with Crippen molar-refractivity contribution < 1.29 is 23.9 Å². The first-order chi connectivity index (χ1) is 21.2. The minimum atomic E-state index is -1.09. The molecular formula is C31H23ClFN7O4. The Balaban J connectivity index is 1.39. The Labute approximate surface area is 255 Å². The Morgan fingerprint density at radius 2 is 1.84 bits per heavy atom. The molecule has 44 heavy (non-hydrogen) atoms. The van der Waals surface area contributed by atoms with Gasteiger partial charge in [0.15, 0.2) is 11.5 Å². The number of rotatable bonds is 6. The van der Waals surface area contributed by atoms with Crippen molar-refractivity contribution in [3.05, 3.63) is 118 Å². The van der Waals surface area contributed by atoms with Gasteiger partial charge in [0.2, 0.25) is 0 Å². The number of nitrogens with zero attached hydrogens (tertiary/aromatic N) is 6. The van der Waals surface area contributed by atoms with Gasteiger partial charge in [-0.05, 0) is 65.9 Å². The molecule has 0 aliphatic carbocycles. The third-order valence-corrected chi connectivity index (χ3v) is 7.71. The van der Waals surface area contributed by atoms with Crippen molar-refractivity contribution in [3.8, 4) is 16.8 Å². The Hall–Kier alpha value is -5.49. The largest absolute Gasteiger partial charge is 0.478 e. The molecule has 2 N–H and O–H groups in total. The molecule has 13 heteroatoms. The number of carboxylic acid groups (broad SMARTS) is 1. The van der Waals surface area contributed by atoms with E-state index in [1.54, 1.807) is 43.6 Å². The van der Waals surface area contributed by atoms with Crippen molar-refractivity contribution in [2.45, 2.75) is 19.4 Å². The SMILES string of the molecule is Cc1cc(NC(=O)[C@@H]2c3cccc(-c4cncnc4)c3CCN2C(=O)c2cn(-c3cccc(Cl)c3F)nn2)ccc1C(=O)O. The standard InChI is InChI=1S/C31H23ClFN7O4/c1-17-12-19(8-9-20(17)31(43)44)36-29(41)28-23-5-2-4-21(18-13-34-16-35-14-18)22(23)10-11-39(28)30(42)25-15-40(38-37-25)26-7-3-6-24(32)27(26)33/h2-9,12-16,28H,10-11H2,1H3,(H,36,41)(H,43,44)/t28-/m0/s1. The number of aromatic nitrogens is 5. The lowest BCUT2D eigenvalue weighted by atomic mass is 9.86. The van der Waals surface area contributed by atoms with Gasteiger partial charge in [-0.2, -0.15) is 0 Å². The average Bonchev–Trinajstić information content (AvgIpc) is 3.51. The quantitative estimate of drug-likeness (QED) is 0.276. The van der Waals surface area contributed by atoms with Crippen molar-refractivity contribution in [3.63, 3.8) is 0 Å². The van der Waals surface area contributed by atoms with Crippen molar-refractivity contribution >= 4 is 35.1 Å². The topological polar surface area (TPSA) is 143 Å². The van der Waals surface area contributed by atoms with E-state index in [1.165, 1.54) is 41.7 Å². The van der Waals surface area contributed by atoms with E-state index in [4.69, 9.17) is 11.6 Å². The first-order valence-electron chi connectivity index (χ1n) is 13.4. The van der Waals surface area contributed by atoms with E-state index in [0.717, 1.165) is 21.4 Å². The molecule has 6 rings (SSSR count). The molecule has 0 bridgehead atoms. The summed E-state index contributed by atoms with van der Waals surface area (Å²) in [7, 11) is 0. The van der Waals surface area contributed by atoms with Crippen LogP contribution in [0, 0.1) is 12.7 Å². The number of carbonyl (C=O) groups excluding carboxylic acids is 2. The van der Waals surface area contributed by atoms with Crippen molar-refractivity contribution in [2.75, 3.05) is 11.9 Å². The number of benzene rings is 3. The second kappa shape index (κ2) is 11.7. The lowest BCUT2D eigenvalue weighted by Gasteiger charge is -2.36. The first-order valence-corrected chi connectivity index (χ1v) is 13.8. The van der Waals surface area contributed by atoms with Crippen molar-refractivity contribution in [2.24, 2.45) is 0 Å². The number of hydrogen-bond donors (Lipinski definition) is 2. The van der Waals surface area contributed by atoms with Crippen LogP contribution < -0.4 is 5.32 Å². The summed E-state index contributed by atoms with van der Waals surface area (Å²) in [6.45, 7) is 1.79. The van der Waals surface area contributed by atoms with Crippen LogP contribution in [0.2, 0.25) is 5.02 Å². The maximum atomic E-state index is 14.7. The molecule has 5 aromatic rings. The van der Waals surface area contributed by atoms with Crippen LogP contribution in [-0.4, -0.2) is 59.3 Å². The highest BCUT2D eigenvalue weighted by Gasteiger charge is 2.38. The zero-order valence-electron chi connectivity index (χ0n) is 23.1. The van der Waals surface area contributed by atoms with Gasteiger partial charge in [0.1, 0.15) is 18.1 Å². The van der Waals surface area contributed by atoms with E-state index < -0.39 is 29.6 Å². The fourth-order valence-corrected chi connectivity index (χ4v) is 5.54. The third kappa shape index (κ3) is 5.26. The fraction of sp³-hybridized carbons (Fsp3) is 0.129. The monoisotopic (exact) mass is 611 g/mol. The highest BCUT2D eigenvalue weighted by molar-refractivity contribution is 6.30. The molecule has 11 nitrogen and oxygen atoms in total. The maximum absolute atomic E-state index is 14.7. The molecule has 1 aliphatic rings. The normalized spacial score (nSPS) is 14.2. The minimum absolute atomic E-state index is 0.0113. The van der Waals surface area contributed by atoms with Gasteiger partial charge in [-0.3, -0.25) is 9.59 Å². The van der Waals surface area contributed by atoms with E-state index in [1.807, 2.05) is 6.07 Å². The summed E-state index contributed by atoms with van der Waals surface area (Å²) >= 11 is 5.92. The van der Waals surface area contributed by atoms with E-state index >= 15 is 0 Å². The van der Waals surface area contributed by atoms with Crippen molar-refractivity contribution in [1.82, 2.24) is 29.9 Å². The van der Waals surface area contributed by atoms with Gasteiger partial charge >= 0.3 is 5.97 Å². The van der Waals surface area contributed by atoms with Gasteiger partial charge in [-0.15, -0.1) is 5.10 Å². The average molecular weight is 612 g/mol. The van der Waals surface area contributed by atoms with E-state index in [2.05, 4.69) is 25.6 Å². The summed E-state index contributed by atoms with van der Waals surface area (Å²) in [5.41, 5.74) is 3.89. The number of anilines is 1. The summed E-state index contributed by atoms with van der Waals surface area (Å²) in [6.07, 6.45) is 6.48. The molecule has 0 fully saturated rings. The molecule has 2 amide bonds. The summed E-state index contributed by atoms with van der Waals surface area (Å²) in [4.78, 5) is 49.1. The number of aryl methyl sites for hydroxylation is 1. The van der Waals surface area contributed by atoms with Gasteiger partial charge in [-0.1, -0.05) is 41.1 Å². The smallest absolute Gasteiger partial charge is 0.335 e. The van der Waals surface area contributed by atoms with Crippen LogP contribution in [-0.2, 0) is 11.2 Å². The lowest BCUT2D eigenvalue weighted by molar-refractivity contribution is -0.121. The van der Waals surface area contributed by atoms with Gasteiger partial charge in [-0.25, -0.2) is 23.8 Å². The fourth-order valence-electron chi connectivity index (χ4n) is 5.37. The molecular weight excluding hydrogens is 589 g/mol. The maximum Gasteiger partial charge on any atom is 0.335 e. The Morgan fingerprint density at radius 1 is 1.07 bits per heavy atom. The Bertz CT molecular complexity index is 1930. The predicted molar refractivity (Wildman–Crippen MR) is 158 cm³/mol. The van der Waals surface area contributed by atoms with Gasteiger partial charge in [0, 0.05) is 30.2 Å². The zero-order valence-corrected chi connectivity index (χ0v) is 23.9. The number of halogens is 2. The number of amides is 2.